The molecule has 0 bridgehead atoms. The Balaban J connectivity index is 4.51. The topological polar surface area (TPSA) is 211 Å². The van der Waals surface area contributed by atoms with Crippen LogP contribution in [0.25, 0.3) is 0 Å². The Morgan fingerprint density at radius 2 is 1.57 bits per heavy atom. The molecule has 122 valence electrons. The van der Waals surface area contributed by atoms with Gasteiger partial charge in [0.2, 0.25) is 5.91 Å². The van der Waals surface area contributed by atoms with Crippen LogP contribution < -0.4 is 11.1 Å². The summed E-state index contributed by atoms with van der Waals surface area (Å²) in [5, 5.41) is 55.6. The summed E-state index contributed by atoms with van der Waals surface area (Å²) < 4.78 is 0. The van der Waals surface area contributed by atoms with Gasteiger partial charge in [-0.05, 0) is 0 Å². The van der Waals surface area contributed by atoms with E-state index in [0.29, 0.717) is 0 Å². The van der Waals surface area contributed by atoms with Gasteiger partial charge in [-0.3, -0.25) is 19.7 Å². The van der Waals surface area contributed by atoms with Crippen molar-refractivity contribution in [3.63, 3.8) is 0 Å². The van der Waals surface area contributed by atoms with Gasteiger partial charge in [0.15, 0.2) is 6.10 Å². The molecule has 0 heterocycles. The van der Waals surface area contributed by atoms with Gasteiger partial charge in [0.1, 0.15) is 24.4 Å². The van der Waals surface area contributed by atoms with E-state index in [0.717, 1.165) is 0 Å². The molecule has 0 aliphatic rings. The van der Waals surface area contributed by atoms with E-state index in [2.05, 4.69) is 0 Å². The number of hydrogen-bond donors (Lipinski definition) is 8. The maximum absolute atomic E-state index is 11.4. The quantitative estimate of drug-likeness (QED) is 0.213. The summed E-state index contributed by atoms with van der Waals surface area (Å²) in [6, 6.07) is -1.55. The molecule has 0 spiro atoms. The minimum atomic E-state index is -2.29. The number of nitrogens with one attached hydrogen (secondary N) is 1. The molecular weight excluding hydrogens is 292 g/mol. The van der Waals surface area contributed by atoms with Crippen molar-refractivity contribution in [2.45, 2.75) is 36.9 Å². The molecule has 0 radical (unpaired) electrons. The van der Waals surface area contributed by atoms with Crippen molar-refractivity contribution in [1.29, 1.82) is 0 Å². The van der Waals surface area contributed by atoms with E-state index < -0.39 is 61.3 Å². The highest BCUT2D eigenvalue weighted by molar-refractivity contribution is 5.98. The number of aliphatic hydroxyl groups excluding tert-OH is 5. The second-order valence-corrected chi connectivity index (χ2v) is 4.24. The first-order valence-corrected chi connectivity index (χ1v) is 5.77. The fraction of sp³-hybridized carbons (Fsp3) is 0.700. The average molecular weight is 310 g/mol. The van der Waals surface area contributed by atoms with Crippen LogP contribution in [0.15, 0.2) is 0 Å². The lowest BCUT2D eigenvalue weighted by Crippen LogP contribution is -2.53. The van der Waals surface area contributed by atoms with Gasteiger partial charge in [-0.1, -0.05) is 0 Å². The summed E-state index contributed by atoms with van der Waals surface area (Å²) in [4.78, 5) is 33.0. The van der Waals surface area contributed by atoms with E-state index in [1.807, 2.05) is 0 Å². The van der Waals surface area contributed by atoms with Gasteiger partial charge in [0.05, 0.1) is 13.0 Å². The van der Waals surface area contributed by atoms with Crippen LogP contribution in [-0.2, 0) is 14.4 Å². The first-order chi connectivity index (χ1) is 9.61. The SMILES string of the molecule is N[C@@H](CC(=O)NC(=O)[C@H](O)[C@H](O)[C@H](O)[C@H](O)CO)C(=O)O. The van der Waals surface area contributed by atoms with Crippen LogP contribution in [0.5, 0.6) is 0 Å². The number of imide groups is 1. The van der Waals surface area contributed by atoms with E-state index in [1.165, 1.54) is 0 Å². The normalized spacial score (nSPS) is 18.2. The number of carboxylic acid groups (broad SMARTS) is 1. The lowest BCUT2D eigenvalue weighted by atomic mass is 10.0. The molecule has 0 aliphatic heterocycles. The Hall–Kier alpha value is -1.63. The smallest absolute Gasteiger partial charge is 0.321 e. The van der Waals surface area contributed by atoms with Crippen LogP contribution in [0.2, 0.25) is 0 Å². The number of rotatable bonds is 8. The summed E-state index contributed by atoms with van der Waals surface area (Å²) >= 11 is 0. The number of amides is 2. The third-order valence-corrected chi connectivity index (χ3v) is 2.51. The molecule has 0 aromatic carbocycles. The summed E-state index contributed by atoms with van der Waals surface area (Å²) in [5.41, 5.74) is 5.05. The van der Waals surface area contributed by atoms with Crippen molar-refractivity contribution in [3.05, 3.63) is 0 Å². The van der Waals surface area contributed by atoms with Crippen molar-refractivity contribution >= 4 is 17.8 Å². The van der Waals surface area contributed by atoms with Gasteiger partial charge in [0, 0.05) is 0 Å². The van der Waals surface area contributed by atoms with Gasteiger partial charge in [-0.15, -0.1) is 0 Å². The summed E-state index contributed by atoms with van der Waals surface area (Å²) in [6.07, 6.45) is -9.05. The predicted octanol–water partition coefficient (Wildman–Crippen LogP) is -5.13. The summed E-state index contributed by atoms with van der Waals surface area (Å²) in [7, 11) is 0. The zero-order valence-corrected chi connectivity index (χ0v) is 10.8. The number of aliphatic carboxylic acids is 1. The zero-order valence-electron chi connectivity index (χ0n) is 10.8. The van der Waals surface area contributed by atoms with Gasteiger partial charge in [-0.25, -0.2) is 0 Å². The molecule has 11 heteroatoms. The van der Waals surface area contributed by atoms with Crippen LogP contribution in [0.1, 0.15) is 6.42 Å². The second kappa shape index (κ2) is 8.61. The molecule has 9 N–H and O–H groups in total. The fourth-order valence-electron chi connectivity index (χ4n) is 1.23. The summed E-state index contributed by atoms with van der Waals surface area (Å²) in [6.45, 7) is -0.932. The van der Waals surface area contributed by atoms with Gasteiger partial charge in [-0.2, -0.15) is 0 Å². The molecule has 0 aromatic rings. The Kier molecular flexibility index (Phi) is 7.94. The standard InChI is InChI=1S/C10H18N2O9/c11-3(10(20)21)1-5(15)12-9(19)8(18)7(17)6(16)4(14)2-13/h3-4,6-8,13-14,16-18H,1-2,11H2,(H,20,21)(H,12,15,19)/t3-,4+,6+,7+,8+/m0/s1. The molecule has 11 nitrogen and oxygen atoms in total. The molecule has 2 amide bonds. The maximum Gasteiger partial charge on any atom is 0.321 e. The van der Waals surface area contributed by atoms with Crippen LogP contribution >= 0.6 is 0 Å². The number of aliphatic hydroxyl groups is 5. The monoisotopic (exact) mass is 310 g/mol. The van der Waals surface area contributed by atoms with Crippen LogP contribution in [0.4, 0.5) is 0 Å². The minimum Gasteiger partial charge on any atom is -0.480 e. The van der Waals surface area contributed by atoms with E-state index in [9.17, 15) is 29.7 Å². The molecule has 0 aliphatic carbocycles. The minimum absolute atomic E-state index is 0.744. The molecule has 21 heavy (non-hydrogen) atoms. The largest absolute Gasteiger partial charge is 0.480 e. The highest BCUT2D eigenvalue weighted by Crippen LogP contribution is 2.05. The number of nitrogens with two attached hydrogens (primary N) is 1. The molecule has 0 saturated carbocycles. The lowest BCUT2D eigenvalue weighted by molar-refractivity contribution is -0.152. The molecule has 0 unspecified atom stereocenters. The Morgan fingerprint density at radius 1 is 1.05 bits per heavy atom. The van der Waals surface area contributed by atoms with Crippen LogP contribution in [0, 0.1) is 0 Å². The summed E-state index contributed by atoms with van der Waals surface area (Å²) in [5.74, 6) is -4.01. The second-order valence-electron chi connectivity index (χ2n) is 4.24. The Morgan fingerprint density at radius 3 is 2.00 bits per heavy atom. The highest BCUT2D eigenvalue weighted by Gasteiger charge is 2.34. The van der Waals surface area contributed by atoms with Crippen LogP contribution in [-0.4, -0.2) is 85.5 Å². The van der Waals surface area contributed by atoms with Crippen LogP contribution in [0.3, 0.4) is 0 Å². The number of hydrogen-bond acceptors (Lipinski definition) is 9. The first kappa shape index (κ1) is 19.4. The van der Waals surface area contributed by atoms with Gasteiger partial charge in [0.25, 0.3) is 5.91 Å². The van der Waals surface area contributed by atoms with E-state index in [4.69, 9.17) is 21.1 Å². The van der Waals surface area contributed by atoms with E-state index >= 15 is 0 Å². The van der Waals surface area contributed by atoms with Gasteiger partial charge < -0.3 is 36.4 Å². The molecule has 0 rings (SSSR count). The van der Waals surface area contributed by atoms with Crippen molar-refractivity contribution in [1.82, 2.24) is 5.32 Å². The molecular formula is C10H18N2O9. The number of carboxylic acids is 1. The third-order valence-electron chi connectivity index (χ3n) is 2.51. The lowest BCUT2D eigenvalue weighted by Gasteiger charge is -2.24. The molecule has 5 atom stereocenters. The van der Waals surface area contributed by atoms with Crippen molar-refractivity contribution in [2.24, 2.45) is 5.73 Å². The average Bonchev–Trinajstić information content (AvgIpc) is 2.43. The first-order valence-electron chi connectivity index (χ1n) is 5.77. The molecule has 0 fully saturated rings. The number of carbonyl (C=O) groups is 3. The highest BCUT2D eigenvalue weighted by atomic mass is 16.4. The third kappa shape index (κ3) is 6.12. The number of carbonyl (C=O) groups excluding carboxylic acids is 2. The Bertz CT molecular complexity index is 389. The van der Waals surface area contributed by atoms with Gasteiger partial charge >= 0.3 is 5.97 Å². The van der Waals surface area contributed by atoms with Crippen molar-refractivity contribution in [3.8, 4) is 0 Å². The van der Waals surface area contributed by atoms with E-state index in [1.54, 1.807) is 5.32 Å². The van der Waals surface area contributed by atoms with E-state index in [-0.39, 0.29) is 0 Å². The molecule has 0 aromatic heterocycles. The predicted molar refractivity (Wildman–Crippen MR) is 64.5 cm³/mol. The molecule has 0 saturated heterocycles. The Labute approximate surface area is 118 Å². The fourth-order valence-corrected chi connectivity index (χ4v) is 1.23. The maximum atomic E-state index is 11.4. The van der Waals surface area contributed by atoms with Crippen molar-refractivity contribution in [2.75, 3.05) is 6.61 Å². The van der Waals surface area contributed by atoms with Crippen molar-refractivity contribution < 1.29 is 45.0 Å². The zero-order chi connectivity index (χ0) is 16.7.